The summed E-state index contributed by atoms with van der Waals surface area (Å²) in [5.41, 5.74) is 0. The molecule has 0 unspecified atom stereocenters. The van der Waals surface area contributed by atoms with Gasteiger partial charge in [0.25, 0.3) is 5.91 Å². The molecule has 1 aliphatic heterocycles. The highest BCUT2D eigenvalue weighted by Crippen LogP contribution is 2.34. The van der Waals surface area contributed by atoms with E-state index < -0.39 is 0 Å². The molecule has 23 heavy (non-hydrogen) atoms. The quantitative estimate of drug-likeness (QED) is 0.624. The molecule has 6 heteroatoms. The largest absolute Gasteiger partial charge is 0.484 e. The lowest BCUT2D eigenvalue weighted by molar-refractivity contribution is -0.122. The van der Waals surface area contributed by atoms with Crippen LogP contribution in [0.1, 0.15) is 0 Å². The number of rotatable bonds is 7. The van der Waals surface area contributed by atoms with E-state index in [0.29, 0.717) is 23.8 Å². The molecular weight excluding hydrogens is 314 g/mol. The Bertz CT molecular complexity index is 663. The molecule has 0 bridgehead atoms. The molecule has 120 valence electrons. The van der Waals surface area contributed by atoms with E-state index in [4.69, 9.17) is 14.2 Å². The number of fused-ring (bicyclic) bond motifs is 1. The maximum atomic E-state index is 11.8. The maximum absolute atomic E-state index is 11.8. The van der Waals surface area contributed by atoms with Gasteiger partial charge in [0.1, 0.15) is 5.75 Å². The summed E-state index contributed by atoms with van der Waals surface area (Å²) in [5.74, 6) is 2.60. The lowest BCUT2D eigenvalue weighted by Gasteiger charge is -2.08. The zero-order valence-electron chi connectivity index (χ0n) is 12.5. The second-order valence-electron chi connectivity index (χ2n) is 4.82. The van der Waals surface area contributed by atoms with Gasteiger partial charge in [0.15, 0.2) is 18.1 Å². The highest BCUT2D eigenvalue weighted by molar-refractivity contribution is 7.99. The van der Waals surface area contributed by atoms with Crippen LogP contribution in [0, 0.1) is 0 Å². The van der Waals surface area contributed by atoms with Gasteiger partial charge in [-0.15, -0.1) is 11.8 Å². The van der Waals surface area contributed by atoms with Crippen LogP contribution in [0.5, 0.6) is 17.2 Å². The van der Waals surface area contributed by atoms with Gasteiger partial charge in [-0.25, -0.2) is 0 Å². The minimum Gasteiger partial charge on any atom is -0.484 e. The predicted octanol–water partition coefficient (Wildman–Crippen LogP) is 2.70. The SMILES string of the molecule is O=C(COc1ccc2c(c1)OCO2)NCCSc1ccccc1. The summed E-state index contributed by atoms with van der Waals surface area (Å²) in [6, 6.07) is 15.3. The fraction of sp³-hybridized carbons (Fsp3) is 0.235. The smallest absolute Gasteiger partial charge is 0.257 e. The molecule has 0 spiro atoms. The first kappa shape index (κ1) is 15.6. The van der Waals surface area contributed by atoms with Gasteiger partial charge in [-0.1, -0.05) is 18.2 Å². The Morgan fingerprint density at radius 1 is 1.13 bits per heavy atom. The normalized spacial score (nSPS) is 12.0. The Balaban J connectivity index is 1.35. The molecule has 0 atom stereocenters. The summed E-state index contributed by atoms with van der Waals surface area (Å²) in [4.78, 5) is 13.0. The summed E-state index contributed by atoms with van der Waals surface area (Å²) in [6.45, 7) is 0.802. The molecule has 0 aromatic heterocycles. The number of amides is 1. The number of hydrogen-bond acceptors (Lipinski definition) is 5. The standard InChI is InChI=1S/C17H17NO4S/c19-17(18-8-9-23-14-4-2-1-3-5-14)11-20-13-6-7-15-16(10-13)22-12-21-15/h1-7,10H,8-9,11-12H2,(H,18,19). The number of thioether (sulfide) groups is 1. The zero-order chi connectivity index (χ0) is 15.9. The molecule has 1 aliphatic rings. The van der Waals surface area contributed by atoms with Gasteiger partial charge in [-0.2, -0.15) is 0 Å². The van der Waals surface area contributed by atoms with Gasteiger partial charge < -0.3 is 19.5 Å². The average Bonchev–Trinajstić information content (AvgIpc) is 3.05. The van der Waals surface area contributed by atoms with Gasteiger partial charge in [0.2, 0.25) is 6.79 Å². The van der Waals surface area contributed by atoms with Gasteiger partial charge in [0, 0.05) is 23.3 Å². The predicted molar refractivity (Wildman–Crippen MR) is 88.2 cm³/mol. The van der Waals surface area contributed by atoms with E-state index in [2.05, 4.69) is 17.4 Å². The van der Waals surface area contributed by atoms with Crippen LogP contribution in [-0.4, -0.2) is 31.6 Å². The molecule has 1 heterocycles. The topological polar surface area (TPSA) is 56.8 Å². The first-order chi connectivity index (χ1) is 11.3. The van der Waals surface area contributed by atoms with E-state index >= 15 is 0 Å². The Morgan fingerprint density at radius 3 is 2.83 bits per heavy atom. The van der Waals surface area contributed by atoms with Crippen molar-refractivity contribution in [2.75, 3.05) is 25.7 Å². The van der Waals surface area contributed by atoms with Crippen LogP contribution in [0.4, 0.5) is 0 Å². The molecule has 0 aliphatic carbocycles. The van der Waals surface area contributed by atoms with Crippen molar-refractivity contribution in [1.82, 2.24) is 5.32 Å². The Morgan fingerprint density at radius 2 is 1.96 bits per heavy atom. The number of benzene rings is 2. The summed E-state index contributed by atoms with van der Waals surface area (Å²) < 4.78 is 15.9. The number of carbonyl (C=O) groups is 1. The number of ether oxygens (including phenoxy) is 3. The molecule has 0 saturated heterocycles. The monoisotopic (exact) mass is 331 g/mol. The average molecular weight is 331 g/mol. The Kier molecular flexibility index (Phi) is 5.26. The van der Waals surface area contributed by atoms with Crippen LogP contribution in [0.3, 0.4) is 0 Å². The Labute approximate surface area is 138 Å². The van der Waals surface area contributed by atoms with Crippen molar-refractivity contribution >= 4 is 17.7 Å². The first-order valence-corrected chi connectivity index (χ1v) is 8.27. The van der Waals surface area contributed by atoms with Crippen LogP contribution in [0.2, 0.25) is 0 Å². The van der Waals surface area contributed by atoms with E-state index in [-0.39, 0.29) is 19.3 Å². The van der Waals surface area contributed by atoms with Crippen LogP contribution in [0.15, 0.2) is 53.4 Å². The van der Waals surface area contributed by atoms with Gasteiger partial charge in [-0.05, 0) is 24.3 Å². The number of carbonyl (C=O) groups excluding carboxylic acids is 1. The van der Waals surface area contributed by atoms with Gasteiger partial charge in [-0.3, -0.25) is 4.79 Å². The minimum absolute atomic E-state index is 0.0182. The van der Waals surface area contributed by atoms with E-state index in [1.165, 1.54) is 4.90 Å². The second-order valence-corrected chi connectivity index (χ2v) is 5.98. The molecule has 0 radical (unpaired) electrons. The van der Waals surface area contributed by atoms with Crippen molar-refractivity contribution in [2.24, 2.45) is 0 Å². The summed E-state index contributed by atoms with van der Waals surface area (Å²) in [5, 5.41) is 2.83. The molecule has 2 aromatic carbocycles. The van der Waals surface area contributed by atoms with Crippen molar-refractivity contribution in [1.29, 1.82) is 0 Å². The van der Waals surface area contributed by atoms with E-state index in [1.54, 1.807) is 30.0 Å². The van der Waals surface area contributed by atoms with Crippen molar-refractivity contribution < 1.29 is 19.0 Å². The highest BCUT2D eigenvalue weighted by atomic mass is 32.2. The van der Waals surface area contributed by atoms with Crippen molar-refractivity contribution in [3.8, 4) is 17.2 Å². The Hall–Kier alpha value is -2.34. The lowest BCUT2D eigenvalue weighted by Crippen LogP contribution is -2.30. The van der Waals surface area contributed by atoms with Crippen LogP contribution >= 0.6 is 11.8 Å². The van der Waals surface area contributed by atoms with Crippen molar-refractivity contribution in [2.45, 2.75) is 4.90 Å². The number of nitrogens with one attached hydrogen (secondary N) is 1. The first-order valence-electron chi connectivity index (χ1n) is 7.28. The van der Waals surface area contributed by atoms with Crippen LogP contribution < -0.4 is 19.5 Å². The summed E-state index contributed by atoms with van der Waals surface area (Å²) in [7, 11) is 0. The minimum atomic E-state index is -0.142. The maximum Gasteiger partial charge on any atom is 0.257 e. The number of hydrogen-bond donors (Lipinski definition) is 1. The third kappa shape index (κ3) is 4.56. The molecular formula is C17H17NO4S. The summed E-state index contributed by atoms with van der Waals surface area (Å²) in [6.07, 6.45) is 0. The summed E-state index contributed by atoms with van der Waals surface area (Å²) >= 11 is 1.70. The fourth-order valence-electron chi connectivity index (χ4n) is 2.04. The molecule has 0 saturated carbocycles. The highest BCUT2D eigenvalue weighted by Gasteiger charge is 2.14. The van der Waals surface area contributed by atoms with Crippen LogP contribution in [-0.2, 0) is 4.79 Å². The van der Waals surface area contributed by atoms with Crippen molar-refractivity contribution in [3.05, 3.63) is 48.5 Å². The van der Waals surface area contributed by atoms with Crippen molar-refractivity contribution in [3.63, 3.8) is 0 Å². The van der Waals surface area contributed by atoms with E-state index in [0.717, 1.165) is 5.75 Å². The third-order valence-electron chi connectivity index (χ3n) is 3.15. The zero-order valence-corrected chi connectivity index (χ0v) is 13.3. The fourth-order valence-corrected chi connectivity index (χ4v) is 2.83. The van der Waals surface area contributed by atoms with Gasteiger partial charge >= 0.3 is 0 Å². The molecule has 1 N–H and O–H groups in total. The molecule has 5 nitrogen and oxygen atoms in total. The molecule has 1 amide bonds. The third-order valence-corrected chi connectivity index (χ3v) is 4.16. The molecule has 3 rings (SSSR count). The molecule has 2 aromatic rings. The lowest BCUT2D eigenvalue weighted by atomic mass is 10.3. The van der Waals surface area contributed by atoms with Crippen LogP contribution in [0.25, 0.3) is 0 Å². The second kappa shape index (κ2) is 7.78. The van der Waals surface area contributed by atoms with E-state index in [9.17, 15) is 4.79 Å². The van der Waals surface area contributed by atoms with E-state index in [1.807, 2.05) is 18.2 Å². The van der Waals surface area contributed by atoms with Gasteiger partial charge in [0.05, 0.1) is 0 Å². The molecule has 0 fully saturated rings.